The molecule has 0 amide bonds. The number of benzene rings is 2. The van der Waals surface area contributed by atoms with E-state index in [0.29, 0.717) is 6.54 Å². The largest absolute Gasteiger partial charge is 0.387 e. The Labute approximate surface area is 121 Å². The highest BCUT2D eigenvalue weighted by Crippen LogP contribution is 2.19. The normalized spacial score (nSPS) is 14.0. The third-order valence-electron chi connectivity index (χ3n) is 3.70. The lowest BCUT2D eigenvalue weighted by atomic mass is 10.0. The van der Waals surface area contributed by atoms with E-state index in [2.05, 4.69) is 37.4 Å². The molecule has 0 aromatic heterocycles. The molecular weight excluding hydrogens is 246 g/mol. The van der Waals surface area contributed by atoms with Crippen LogP contribution in [0.15, 0.2) is 48.5 Å². The van der Waals surface area contributed by atoms with Crippen LogP contribution in [0.1, 0.15) is 41.3 Å². The van der Waals surface area contributed by atoms with Crippen molar-refractivity contribution in [3.8, 4) is 0 Å². The van der Waals surface area contributed by atoms with Gasteiger partial charge in [0.25, 0.3) is 0 Å². The second-order valence-electron chi connectivity index (χ2n) is 5.42. The number of nitrogens with one attached hydrogen (secondary N) is 1. The topological polar surface area (TPSA) is 32.3 Å². The van der Waals surface area contributed by atoms with Gasteiger partial charge in [0.05, 0.1) is 6.10 Å². The van der Waals surface area contributed by atoms with Crippen molar-refractivity contribution in [3.63, 3.8) is 0 Å². The van der Waals surface area contributed by atoms with E-state index in [4.69, 9.17) is 0 Å². The van der Waals surface area contributed by atoms with Crippen molar-refractivity contribution in [3.05, 3.63) is 70.8 Å². The molecule has 0 saturated carbocycles. The van der Waals surface area contributed by atoms with Crippen molar-refractivity contribution >= 4 is 0 Å². The average molecular weight is 269 g/mol. The first kappa shape index (κ1) is 14.8. The van der Waals surface area contributed by atoms with Gasteiger partial charge in [0.2, 0.25) is 0 Å². The summed E-state index contributed by atoms with van der Waals surface area (Å²) in [5.74, 6) is 0. The van der Waals surface area contributed by atoms with Gasteiger partial charge in [-0.3, -0.25) is 0 Å². The minimum Gasteiger partial charge on any atom is -0.387 e. The van der Waals surface area contributed by atoms with E-state index < -0.39 is 6.10 Å². The van der Waals surface area contributed by atoms with Gasteiger partial charge in [0.15, 0.2) is 0 Å². The van der Waals surface area contributed by atoms with Crippen LogP contribution in [0.2, 0.25) is 0 Å². The predicted octanol–water partition coefficient (Wildman–Crippen LogP) is 3.69. The Kier molecular flexibility index (Phi) is 4.94. The maximum absolute atomic E-state index is 10.3. The number of hydrogen-bond donors (Lipinski definition) is 2. The van der Waals surface area contributed by atoms with Crippen LogP contribution in [-0.2, 0) is 0 Å². The van der Waals surface area contributed by atoms with Crippen LogP contribution >= 0.6 is 0 Å². The first-order valence-corrected chi connectivity index (χ1v) is 7.11. The molecule has 0 bridgehead atoms. The van der Waals surface area contributed by atoms with Crippen molar-refractivity contribution < 1.29 is 5.11 Å². The van der Waals surface area contributed by atoms with Crippen LogP contribution in [0.4, 0.5) is 0 Å². The predicted molar refractivity (Wildman–Crippen MR) is 83.7 cm³/mol. The molecule has 2 rings (SSSR count). The van der Waals surface area contributed by atoms with Gasteiger partial charge in [0.1, 0.15) is 0 Å². The molecule has 2 aromatic rings. The Balaban J connectivity index is 1.96. The van der Waals surface area contributed by atoms with Crippen molar-refractivity contribution in [2.24, 2.45) is 0 Å². The molecule has 2 heteroatoms. The highest BCUT2D eigenvalue weighted by atomic mass is 16.3. The van der Waals surface area contributed by atoms with E-state index in [1.54, 1.807) is 0 Å². The summed E-state index contributed by atoms with van der Waals surface area (Å²) in [6.07, 6.45) is -0.471. The van der Waals surface area contributed by atoms with Crippen LogP contribution in [0, 0.1) is 13.8 Å². The van der Waals surface area contributed by atoms with Gasteiger partial charge in [-0.05, 0) is 37.5 Å². The molecule has 0 aliphatic heterocycles. The lowest BCUT2D eigenvalue weighted by Crippen LogP contribution is -2.25. The fourth-order valence-electron chi connectivity index (χ4n) is 2.46. The molecule has 106 valence electrons. The van der Waals surface area contributed by atoms with Crippen LogP contribution in [0.25, 0.3) is 0 Å². The van der Waals surface area contributed by atoms with Crippen LogP contribution in [0.3, 0.4) is 0 Å². The molecule has 0 radical (unpaired) electrons. The first-order chi connectivity index (χ1) is 9.58. The number of aliphatic hydroxyl groups is 1. The summed E-state index contributed by atoms with van der Waals surface area (Å²) in [6.45, 7) is 6.79. The number of aliphatic hydroxyl groups excluding tert-OH is 1. The summed E-state index contributed by atoms with van der Waals surface area (Å²) < 4.78 is 0. The fraction of sp³-hybridized carbons (Fsp3) is 0.333. The van der Waals surface area contributed by atoms with Gasteiger partial charge in [0, 0.05) is 12.6 Å². The summed E-state index contributed by atoms with van der Waals surface area (Å²) in [5.41, 5.74) is 4.61. The molecule has 2 nitrogen and oxygen atoms in total. The number of hydrogen-bond acceptors (Lipinski definition) is 2. The Bertz CT molecular complexity index is 551. The Morgan fingerprint density at radius 3 is 2.40 bits per heavy atom. The van der Waals surface area contributed by atoms with Gasteiger partial charge in [-0.25, -0.2) is 0 Å². The molecule has 0 heterocycles. The maximum atomic E-state index is 10.3. The van der Waals surface area contributed by atoms with E-state index in [0.717, 1.165) is 11.1 Å². The first-order valence-electron chi connectivity index (χ1n) is 7.11. The van der Waals surface area contributed by atoms with E-state index in [1.165, 1.54) is 11.1 Å². The molecule has 2 unspecified atom stereocenters. The van der Waals surface area contributed by atoms with Gasteiger partial charge in [-0.1, -0.05) is 54.1 Å². The lowest BCUT2D eigenvalue weighted by molar-refractivity contribution is 0.170. The highest BCUT2D eigenvalue weighted by Gasteiger charge is 2.12. The number of rotatable bonds is 5. The molecule has 20 heavy (non-hydrogen) atoms. The Hall–Kier alpha value is -1.64. The molecule has 2 aromatic carbocycles. The third-order valence-corrected chi connectivity index (χ3v) is 3.70. The average Bonchev–Trinajstić information content (AvgIpc) is 2.45. The van der Waals surface area contributed by atoms with Crippen molar-refractivity contribution in [1.29, 1.82) is 0 Å². The van der Waals surface area contributed by atoms with Crippen molar-refractivity contribution in [1.82, 2.24) is 5.32 Å². The van der Waals surface area contributed by atoms with Crippen molar-refractivity contribution in [2.75, 3.05) is 6.54 Å². The van der Waals surface area contributed by atoms with Gasteiger partial charge < -0.3 is 10.4 Å². The summed E-state index contributed by atoms with van der Waals surface area (Å²) in [6, 6.07) is 16.7. The summed E-state index contributed by atoms with van der Waals surface area (Å²) in [7, 11) is 0. The van der Waals surface area contributed by atoms with E-state index in [1.807, 2.05) is 37.3 Å². The second-order valence-corrected chi connectivity index (χ2v) is 5.42. The standard InChI is InChI=1S/C18H23NO/c1-13-9-10-17(14(2)11-13)18(20)12-19-15(3)16-7-5-4-6-8-16/h4-11,15,18-20H,12H2,1-3H3. The summed E-state index contributed by atoms with van der Waals surface area (Å²) in [4.78, 5) is 0. The minimum atomic E-state index is -0.471. The summed E-state index contributed by atoms with van der Waals surface area (Å²) >= 11 is 0. The lowest BCUT2D eigenvalue weighted by Gasteiger charge is -2.19. The van der Waals surface area contributed by atoms with Gasteiger partial charge >= 0.3 is 0 Å². The minimum absolute atomic E-state index is 0.233. The zero-order valence-corrected chi connectivity index (χ0v) is 12.4. The van der Waals surface area contributed by atoms with E-state index >= 15 is 0 Å². The zero-order chi connectivity index (χ0) is 14.5. The van der Waals surface area contributed by atoms with Crippen LogP contribution in [0.5, 0.6) is 0 Å². The van der Waals surface area contributed by atoms with Crippen LogP contribution < -0.4 is 5.32 Å². The van der Waals surface area contributed by atoms with Gasteiger partial charge in [-0.2, -0.15) is 0 Å². The molecule has 0 saturated heterocycles. The zero-order valence-electron chi connectivity index (χ0n) is 12.4. The van der Waals surface area contributed by atoms with Crippen LogP contribution in [-0.4, -0.2) is 11.7 Å². The van der Waals surface area contributed by atoms with Gasteiger partial charge in [-0.15, -0.1) is 0 Å². The number of aryl methyl sites for hydroxylation is 2. The molecule has 0 spiro atoms. The Morgan fingerprint density at radius 2 is 1.75 bits per heavy atom. The molecule has 0 fully saturated rings. The van der Waals surface area contributed by atoms with E-state index in [-0.39, 0.29) is 6.04 Å². The molecule has 0 aliphatic rings. The third kappa shape index (κ3) is 3.69. The fourth-order valence-corrected chi connectivity index (χ4v) is 2.46. The summed E-state index contributed by atoms with van der Waals surface area (Å²) in [5, 5.41) is 13.7. The SMILES string of the molecule is Cc1ccc(C(O)CNC(C)c2ccccc2)c(C)c1. The monoisotopic (exact) mass is 269 g/mol. The van der Waals surface area contributed by atoms with Crippen molar-refractivity contribution in [2.45, 2.75) is 32.9 Å². The highest BCUT2D eigenvalue weighted by molar-refractivity contribution is 5.32. The Morgan fingerprint density at radius 1 is 1.05 bits per heavy atom. The molecule has 0 aliphatic carbocycles. The molecule has 2 atom stereocenters. The maximum Gasteiger partial charge on any atom is 0.0917 e. The van der Waals surface area contributed by atoms with E-state index in [9.17, 15) is 5.11 Å². The molecule has 2 N–H and O–H groups in total. The second kappa shape index (κ2) is 6.69. The molecular formula is C18H23NO. The quantitative estimate of drug-likeness (QED) is 0.867. The smallest absolute Gasteiger partial charge is 0.0917 e.